The van der Waals surface area contributed by atoms with Gasteiger partial charge in [-0.15, -0.1) is 0 Å². The van der Waals surface area contributed by atoms with E-state index in [0.717, 1.165) is 0 Å². The second kappa shape index (κ2) is 10.6. The molecule has 1 heterocycles. The smallest absolute Gasteiger partial charge is 0.308 e. The monoisotopic (exact) mass is 495 g/mol. The molecule has 7 nitrogen and oxygen atoms in total. The van der Waals surface area contributed by atoms with Gasteiger partial charge in [0, 0.05) is 19.5 Å². The van der Waals surface area contributed by atoms with Crippen molar-refractivity contribution in [1.29, 1.82) is 0 Å². The number of ether oxygens (including phenoxy) is 3. The number of carbonyl (C=O) groups is 3. The Hall–Kier alpha value is -4.27. The molecular formula is C27H23F2NO6. The van der Waals surface area contributed by atoms with E-state index in [-0.39, 0.29) is 12.5 Å². The van der Waals surface area contributed by atoms with Gasteiger partial charge in [-0.2, -0.15) is 0 Å². The third-order valence-electron chi connectivity index (χ3n) is 5.67. The molecule has 1 fully saturated rings. The van der Waals surface area contributed by atoms with E-state index in [2.05, 4.69) is 0 Å². The molecule has 1 aliphatic heterocycles. The van der Waals surface area contributed by atoms with Crippen LogP contribution in [0.1, 0.15) is 25.5 Å². The molecule has 0 radical (unpaired) electrons. The van der Waals surface area contributed by atoms with Gasteiger partial charge in [-0.05, 0) is 66.2 Å². The topological polar surface area (TPSA) is 82.1 Å². The minimum Gasteiger partial charge on any atom is -0.490 e. The summed E-state index contributed by atoms with van der Waals surface area (Å²) in [6, 6.07) is 16.8. The number of anilines is 1. The molecule has 4 rings (SSSR count). The number of nitrogens with zero attached hydrogens (tertiary/aromatic N) is 1. The van der Waals surface area contributed by atoms with Gasteiger partial charge in [0.15, 0.2) is 0 Å². The van der Waals surface area contributed by atoms with Crippen LogP contribution in [0, 0.1) is 17.6 Å². The maximum Gasteiger partial charge on any atom is 0.308 e. The van der Waals surface area contributed by atoms with Crippen molar-refractivity contribution in [2.75, 3.05) is 11.5 Å². The van der Waals surface area contributed by atoms with Crippen LogP contribution in [0.3, 0.4) is 0 Å². The molecule has 0 spiro atoms. The predicted octanol–water partition coefficient (Wildman–Crippen LogP) is 4.60. The molecule has 0 aromatic heterocycles. The zero-order valence-corrected chi connectivity index (χ0v) is 19.5. The van der Waals surface area contributed by atoms with Crippen LogP contribution < -0.4 is 14.4 Å². The fourth-order valence-electron chi connectivity index (χ4n) is 4.15. The van der Waals surface area contributed by atoms with Crippen LogP contribution in [0.15, 0.2) is 72.8 Å². The molecule has 3 atom stereocenters. The first-order valence-electron chi connectivity index (χ1n) is 11.2. The van der Waals surface area contributed by atoms with Crippen LogP contribution in [-0.4, -0.2) is 30.6 Å². The number of hydrogen-bond acceptors (Lipinski definition) is 6. The van der Waals surface area contributed by atoms with Gasteiger partial charge >= 0.3 is 11.9 Å². The summed E-state index contributed by atoms with van der Waals surface area (Å²) in [6.45, 7) is 2.37. The average molecular weight is 495 g/mol. The lowest BCUT2D eigenvalue weighted by atomic mass is 9.78. The summed E-state index contributed by atoms with van der Waals surface area (Å²) >= 11 is 0. The van der Waals surface area contributed by atoms with Crippen LogP contribution in [0.2, 0.25) is 0 Å². The molecule has 0 N–H and O–H groups in total. The lowest BCUT2D eigenvalue weighted by Gasteiger charge is -2.49. The minimum absolute atomic E-state index is 0.152. The van der Waals surface area contributed by atoms with E-state index in [9.17, 15) is 23.2 Å². The second-order valence-corrected chi connectivity index (χ2v) is 8.23. The highest BCUT2D eigenvalue weighted by Gasteiger charge is 2.54. The highest BCUT2D eigenvalue weighted by Crippen LogP contribution is 2.46. The van der Waals surface area contributed by atoms with E-state index in [0.29, 0.717) is 22.7 Å². The normalized spacial score (nSPS) is 17.7. The van der Waals surface area contributed by atoms with Gasteiger partial charge in [-0.1, -0.05) is 12.1 Å². The molecule has 186 valence electrons. The third-order valence-corrected chi connectivity index (χ3v) is 5.67. The summed E-state index contributed by atoms with van der Waals surface area (Å²) in [5.74, 6) is -2.43. The Kier molecular flexibility index (Phi) is 7.28. The molecule has 1 saturated heterocycles. The number of carbonyl (C=O) groups excluding carboxylic acids is 3. The number of halogens is 2. The van der Waals surface area contributed by atoms with Gasteiger partial charge in [-0.3, -0.25) is 14.4 Å². The van der Waals surface area contributed by atoms with Gasteiger partial charge in [0.05, 0.1) is 6.04 Å². The van der Waals surface area contributed by atoms with Crippen molar-refractivity contribution in [3.05, 3.63) is 90.0 Å². The van der Waals surface area contributed by atoms with Crippen LogP contribution in [0.4, 0.5) is 14.5 Å². The van der Waals surface area contributed by atoms with Crippen molar-refractivity contribution in [1.82, 2.24) is 0 Å². The Bertz CT molecular complexity index is 1240. The number of benzene rings is 3. The number of hydrogen-bond donors (Lipinski definition) is 0. The van der Waals surface area contributed by atoms with Gasteiger partial charge in [-0.25, -0.2) is 8.78 Å². The summed E-state index contributed by atoms with van der Waals surface area (Å²) in [5, 5.41) is 0. The summed E-state index contributed by atoms with van der Waals surface area (Å²) < 4.78 is 43.1. The van der Waals surface area contributed by atoms with Crippen molar-refractivity contribution in [3.63, 3.8) is 0 Å². The quantitative estimate of drug-likeness (QED) is 0.258. The molecule has 9 heteroatoms. The molecule has 3 aromatic carbocycles. The minimum atomic E-state index is -0.963. The molecule has 0 bridgehead atoms. The lowest BCUT2D eigenvalue weighted by Crippen LogP contribution is -2.61. The molecular weight excluding hydrogens is 472 g/mol. The number of β-lactam (4-membered cyclic amide) rings is 1. The fraction of sp³-hybridized carbons (Fsp3) is 0.222. The fourth-order valence-corrected chi connectivity index (χ4v) is 4.15. The second-order valence-electron chi connectivity index (χ2n) is 8.23. The first kappa shape index (κ1) is 24.8. The summed E-state index contributed by atoms with van der Waals surface area (Å²) in [5.41, 5.74) is 1.14. The number of rotatable bonds is 8. The van der Waals surface area contributed by atoms with Crippen LogP contribution in [0.25, 0.3) is 0 Å². The maximum absolute atomic E-state index is 13.5. The van der Waals surface area contributed by atoms with Crippen molar-refractivity contribution >= 4 is 23.5 Å². The molecule has 0 saturated carbocycles. The molecule has 1 aliphatic rings. The Morgan fingerprint density at radius 2 is 1.39 bits per heavy atom. The van der Waals surface area contributed by atoms with E-state index in [4.69, 9.17) is 14.2 Å². The summed E-state index contributed by atoms with van der Waals surface area (Å²) in [4.78, 5) is 38.0. The maximum atomic E-state index is 13.5. The van der Waals surface area contributed by atoms with E-state index in [1.807, 2.05) is 0 Å². The van der Waals surface area contributed by atoms with Gasteiger partial charge in [0.1, 0.15) is 41.8 Å². The first-order valence-corrected chi connectivity index (χ1v) is 11.2. The molecule has 2 unspecified atom stereocenters. The zero-order chi connectivity index (χ0) is 25.8. The number of esters is 2. The van der Waals surface area contributed by atoms with Gasteiger partial charge in [0.25, 0.3) is 0 Å². The van der Waals surface area contributed by atoms with E-state index >= 15 is 0 Å². The van der Waals surface area contributed by atoms with Crippen molar-refractivity contribution in [2.24, 2.45) is 5.92 Å². The third kappa shape index (κ3) is 5.51. The van der Waals surface area contributed by atoms with Crippen LogP contribution in [0.5, 0.6) is 11.5 Å². The highest BCUT2D eigenvalue weighted by atomic mass is 19.1. The Labute approximate surface area is 206 Å². The molecule has 36 heavy (non-hydrogen) atoms. The van der Waals surface area contributed by atoms with Crippen molar-refractivity contribution in [2.45, 2.75) is 26.0 Å². The van der Waals surface area contributed by atoms with E-state index in [1.165, 1.54) is 67.3 Å². The number of amides is 1. The average Bonchev–Trinajstić information content (AvgIpc) is 2.83. The van der Waals surface area contributed by atoms with Gasteiger partial charge < -0.3 is 19.1 Å². The Balaban J connectivity index is 1.65. The lowest BCUT2D eigenvalue weighted by molar-refractivity contribution is -0.158. The standard InChI is InChI=1S/C27H23F2NO6/c1-16(31)35-23-11-3-18(4-12-23)26-25(27(33)30(26)21-9-5-19(28)6-10-21)24(36-17(2)32)15-34-22-13-7-20(29)8-14-22/h3-14,24-26H,15H2,1-2H3/t24-,25?,26?/m1/s1. The van der Waals surface area contributed by atoms with Crippen LogP contribution >= 0.6 is 0 Å². The van der Waals surface area contributed by atoms with Crippen molar-refractivity contribution in [3.8, 4) is 11.5 Å². The largest absolute Gasteiger partial charge is 0.490 e. The molecule has 3 aromatic rings. The van der Waals surface area contributed by atoms with Crippen molar-refractivity contribution < 1.29 is 37.4 Å². The summed E-state index contributed by atoms with van der Waals surface area (Å²) in [7, 11) is 0. The Morgan fingerprint density at radius 3 is 1.94 bits per heavy atom. The van der Waals surface area contributed by atoms with E-state index in [1.54, 1.807) is 24.3 Å². The zero-order valence-electron chi connectivity index (χ0n) is 19.5. The van der Waals surface area contributed by atoms with Gasteiger partial charge in [0.2, 0.25) is 5.91 Å². The Morgan fingerprint density at radius 1 is 0.833 bits per heavy atom. The SMILES string of the molecule is CC(=O)Oc1ccc(C2C([C@@H](COc3ccc(F)cc3)OC(C)=O)C(=O)N2c2ccc(F)cc2)cc1. The predicted molar refractivity (Wildman–Crippen MR) is 125 cm³/mol. The first-order chi connectivity index (χ1) is 17.2. The summed E-state index contributed by atoms with van der Waals surface area (Å²) in [6.07, 6.45) is -0.963. The molecule has 0 aliphatic carbocycles. The van der Waals surface area contributed by atoms with Crippen LogP contribution in [-0.2, 0) is 19.1 Å². The van der Waals surface area contributed by atoms with E-state index < -0.39 is 41.6 Å². The highest BCUT2D eigenvalue weighted by molar-refractivity contribution is 6.03. The molecule has 1 amide bonds.